The van der Waals surface area contributed by atoms with E-state index in [4.69, 9.17) is 18.0 Å². The highest BCUT2D eigenvalue weighted by atomic mass is 32.1. The van der Waals surface area contributed by atoms with E-state index >= 15 is 0 Å². The summed E-state index contributed by atoms with van der Waals surface area (Å²) >= 11 is 4.88. The van der Waals surface area contributed by atoms with Crippen molar-refractivity contribution in [3.8, 4) is 0 Å². The second-order valence-corrected chi connectivity index (χ2v) is 4.80. The topological polar surface area (TPSA) is 55.1 Å². The van der Waals surface area contributed by atoms with E-state index < -0.39 is 0 Å². The number of benzene rings is 2. The first-order valence-electron chi connectivity index (χ1n) is 5.95. The van der Waals surface area contributed by atoms with Gasteiger partial charge in [-0.05, 0) is 42.8 Å². The molecule has 0 spiro atoms. The van der Waals surface area contributed by atoms with Gasteiger partial charge in [-0.3, -0.25) is 4.79 Å². The number of nitrogens with one attached hydrogen (secondary N) is 1. The maximum atomic E-state index is 13.0. The molecule has 0 aliphatic rings. The molecule has 0 bridgehead atoms. The van der Waals surface area contributed by atoms with Gasteiger partial charge < -0.3 is 11.1 Å². The Morgan fingerprint density at radius 3 is 2.55 bits per heavy atom. The number of nitrogens with two attached hydrogens (primary N) is 1. The van der Waals surface area contributed by atoms with Crippen molar-refractivity contribution in [3.05, 3.63) is 65.0 Å². The third kappa shape index (κ3) is 3.19. The maximum Gasteiger partial charge on any atom is 0.255 e. The lowest BCUT2D eigenvalue weighted by Gasteiger charge is -2.09. The molecular formula is C15H13FN2OS. The minimum atomic E-state index is -0.337. The Morgan fingerprint density at radius 1 is 1.20 bits per heavy atom. The third-order valence-corrected chi connectivity index (χ3v) is 3.08. The van der Waals surface area contributed by atoms with Crippen LogP contribution in [-0.4, -0.2) is 10.9 Å². The summed E-state index contributed by atoms with van der Waals surface area (Å²) in [6.07, 6.45) is 0. The summed E-state index contributed by atoms with van der Waals surface area (Å²) in [5, 5.41) is 2.73. The molecule has 5 heteroatoms. The fraction of sp³-hybridized carbons (Fsp3) is 0.0667. The number of rotatable bonds is 3. The molecule has 0 aliphatic heterocycles. The highest BCUT2D eigenvalue weighted by Crippen LogP contribution is 2.17. The fourth-order valence-electron chi connectivity index (χ4n) is 1.78. The summed E-state index contributed by atoms with van der Waals surface area (Å²) in [6.45, 7) is 1.73. The van der Waals surface area contributed by atoms with E-state index in [1.165, 1.54) is 18.2 Å². The molecule has 0 fully saturated rings. The van der Waals surface area contributed by atoms with Crippen molar-refractivity contribution in [2.75, 3.05) is 5.32 Å². The van der Waals surface area contributed by atoms with E-state index in [9.17, 15) is 9.18 Å². The first kappa shape index (κ1) is 14.1. The van der Waals surface area contributed by atoms with E-state index in [1.54, 1.807) is 31.2 Å². The summed E-state index contributed by atoms with van der Waals surface area (Å²) in [4.78, 5) is 12.4. The SMILES string of the molecule is Cc1cc(F)ccc1NC(=O)c1cccc(C(N)=S)c1. The summed E-state index contributed by atoms with van der Waals surface area (Å²) in [7, 11) is 0. The minimum Gasteiger partial charge on any atom is -0.389 e. The van der Waals surface area contributed by atoms with Crippen molar-refractivity contribution in [2.24, 2.45) is 5.73 Å². The predicted octanol–water partition coefficient (Wildman–Crippen LogP) is 3.02. The number of carbonyl (C=O) groups excluding carboxylic acids is 1. The highest BCUT2D eigenvalue weighted by Gasteiger charge is 2.09. The van der Waals surface area contributed by atoms with Crippen LogP contribution in [0, 0.1) is 12.7 Å². The van der Waals surface area contributed by atoms with Gasteiger partial charge in [0.15, 0.2) is 0 Å². The van der Waals surface area contributed by atoms with Gasteiger partial charge in [-0.2, -0.15) is 0 Å². The zero-order valence-electron chi connectivity index (χ0n) is 10.8. The quantitative estimate of drug-likeness (QED) is 0.854. The molecule has 2 aromatic rings. The number of hydrogen-bond acceptors (Lipinski definition) is 2. The van der Waals surface area contributed by atoms with E-state index in [0.717, 1.165) is 0 Å². The van der Waals surface area contributed by atoms with Crippen molar-refractivity contribution < 1.29 is 9.18 Å². The lowest BCUT2D eigenvalue weighted by Crippen LogP contribution is -2.15. The van der Waals surface area contributed by atoms with Crippen LogP contribution in [0.3, 0.4) is 0 Å². The summed E-state index contributed by atoms with van der Waals surface area (Å²) in [6, 6.07) is 10.9. The number of aryl methyl sites for hydroxylation is 1. The van der Waals surface area contributed by atoms with Gasteiger partial charge in [0.1, 0.15) is 10.8 Å². The van der Waals surface area contributed by atoms with Crippen LogP contribution in [0.15, 0.2) is 42.5 Å². The van der Waals surface area contributed by atoms with Crippen LogP contribution < -0.4 is 11.1 Å². The number of amides is 1. The van der Waals surface area contributed by atoms with Crippen LogP contribution >= 0.6 is 12.2 Å². The average molecular weight is 288 g/mol. The Bertz CT molecular complexity index is 685. The zero-order valence-corrected chi connectivity index (χ0v) is 11.6. The van der Waals surface area contributed by atoms with E-state index in [2.05, 4.69) is 5.32 Å². The van der Waals surface area contributed by atoms with Crippen molar-refractivity contribution >= 4 is 28.8 Å². The van der Waals surface area contributed by atoms with Gasteiger partial charge in [0.2, 0.25) is 0 Å². The number of thiocarbonyl (C=S) groups is 1. The molecule has 0 radical (unpaired) electrons. The van der Waals surface area contributed by atoms with Crippen LogP contribution in [0.4, 0.5) is 10.1 Å². The standard InChI is InChI=1S/C15H13FN2OS/c1-9-7-12(16)5-6-13(9)18-15(19)11-4-2-3-10(8-11)14(17)20/h2-8H,1H3,(H2,17,20)(H,18,19). The van der Waals surface area contributed by atoms with Gasteiger partial charge in [0.25, 0.3) is 5.91 Å². The lowest BCUT2D eigenvalue weighted by atomic mass is 10.1. The van der Waals surface area contributed by atoms with Crippen LogP contribution in [-0.2, 0) is 0 Å². The molecule has 3 nitrogen and oxygen atoms in total. The Morgan fingerprint density at radius 2 is 1.90 bits per heavy atom. The third-order valence-electron chi connectivity index (χ3n) is 2.85. The normalized spacial score (nSPS) is 10.1. The Labute approximate surface area is 121 Å². The largest absolute Gasteiger partial charge is 0.389 e. The van der Waals surface area contributed by atoms with E-state index in [0.29, 0.717) is 22.4 Å². The van der Waals surface area contributed by atoms with Crippen molar-refractivity contribution in [2.45, 2.75) is 6.92 Å². The maximum absolute atomic E-state index is 13.0. The molecule has 0 atom stereocenters. The van der Waals surface area contributed by atoms with Gasteiger partial charge in [-0.15, -0.1) is 0 Å². The molecular weight excluding hydrogens is 275 g/mol. The smallest absolute Gasteiger partial charge is 0.255 e. The van der Waals surface area contributed by atoms with Gasteiger partial charge in [0, 0.05) is 16.8 Å². The second-order valence-electron chi connectivity index (χ2n) is 4.36. The molecule has 2 aromatic carbocycles. The summed E-state index contributed by atoms with van der Waals surface area (Å²) < 4.78 is 13.0. The molecule has 1 amide bonds. The molecule has 0 aliphatic carbocycles. The molecule has 0 unspecified atom stereocenters. The molecule has 3 N–H and O–H groups in total. The number of hydrogen-bond donors (Lipinski definition) is 2. The van der Waals surface area contributed by atoms with Gasteiger partial charge >= 0.3 is 0 Å². The zero-order chi connectivity index (χ0) is 14.7. The Kier molecular flexibility index (Phi) is 4.10. The monoisotopic (exact) mass is 288 g/mol. The number of halogens is 1. The highest BCUT2D eigenvalue weighted by molar-refractivity contribution is 7.80. The molecule has 2 rings (SSSR count). The predicted molar refractivity (Wildman–Crippen MR) is 81.4 cm³/mol. The van der Waals surface area contributed by atoms with Crippen molar-refractivity contribution in [3.63, 3.8) is 0 Å². The van der Waals surface area contributed by atoms with Crippen LogP contribution in [0.1, 0.15) is 21.5 Å². The number of anilines is 1. The average Bonchev–Trinajstić information content (AvgIpc) is 2.42. The molecule has 0 aromatic heterocycles. The summed E-state index contributed by atoms with van der Waals surface area (Å²) in [5.41, 5.74) is 7.83. The molecule has 0 saturated heterocycles. The van der Waals surface area contributed by atoms with Crippen LogP contribution in [0.25, 0.3) is 0 Å². The van der Waals surface area contributed by atoms with Gasteiger partial charge in [0.05, 0.1) is 0 Å². The molecule has 0 heterocycles. The second kappa shape index (κ2) is 5.79. The van der Waals surface area contributed by atoms with Crippen LogP contribution in [0.2, 0.25) is 0 Å². The molecule has 20 heavy (non-hydrogen) atoms. The number of carbonyl (C=O) groups is 1. The molecule has 102 valence electrons. The van der Waals surface area contributed by atoms with Gasteiger partial charge in [-0.25, -0.2) is 4.39 Å². The minimum absolute atomic E-state index is 0.234. The molecule has 0 saturated carbocycles. The lowest BCUT2D eigenvalue weighted by molar-refractivity contribution is 0.102. The first-order valence-corrected chi connectivity index (χ1v) is 6.35. The van der Waals surface area contributed by atoms with E-state index in [-0.39, 0.29) is 16.7 Å². The van der Waals surface area contributed by atoms with E-state index in [1.807, 2.05) is 0 Å². The summed E-state index contributed by atoms with van der Waals surface area (Å²) in [5.74, 6) is -0.631. The van der Waals surface area contributed by atoms with Crippen molar-refractivity contribution in [1.29, 1.82) is 0 Å². The first-order chi connectivity index (χ1) is 9.47. The Balaban J connectivity index is 2.24. The van der Waals surface area contributed by atoms with Crippen molar-refractivity contribution in [1.82, 2.24) is 0 Å². The fourth-order valence-corrected chi connectivity index (χ4v) is 1.90. The Hall–Kier alpha value is -2.27. The van der Waals surface area contributed by atoms with Gasteiger partial charge in [-0.1, -0.05) is 24.4 Å². The van der Waals surface area contributed by atoms with Crippen LogP contribution in [0.5, 0.6) is 0 Å².